The fraction of sp³-hybridized carbons (Fsp3) is 0.533. The van der Waals surface area contributed by atoms with Crippen molar-refractivity contribution in [2.45, 2.75) is 12.8 Å². The number of likely N-dealkylation sites (N-methyl/N-ethyl adjacent to an activating group) is 1. The van der Waals surface area contributed by atoms with Gasteiger partial charge in [0.2, 0.25) is 5.91 Å². The Bertz CT molecular complexity index is 487. The molecule has 0 spiro atoms. The van der Waals surface area contributed by atoms with E-state index < -0.39 is 5.82 Å². The lowest BCUT2D eigenvalue weighted by Crippen LogP contribution is -2.44. The number of anilines is 2. The van der Waals surface area contributed by atoms with Crippen LogP contribution in [0.3, 0.4) is 0 Å². The molecule has 1 saturated heterocycles. The Kier molecular flexibility index (Phi) is 5.52. The summed E-state index contributed by atoms with van der Waals surface area (Å²) in [5.41, 5.74) is 6.39. The number of carbonyl (C=O) groups is 1. The van der Waals surface area contributed by atoms with E-state index in [0.29, 0.717) is 12.1 Å². The Morgan fingerprint density at radius 2 is 2.05 bits per heavy atom. The first-order valence-electron chi connectivity index (χ1n) is 7.30. The van der Waals surface area contributed by atoms with Gasteiger partial charge in [-0.2, -0.15) is 0 Å². The van der Waals surface area contributed by atoms with Gasteiger partial charge in [0.25, 0.3) is 0 Å². The highest BCUT2D eigenvalue weighted by Gasteiger charge is 2.13. The largest absolute Gasteiger partial charge is 0.397 e. The SMILES string of the molecule is CN1CCN(CCCC(=O)Nc2ccc(F)cc2N)CC1. The molecule has 0 saturated carbocycles. The molecule has 0 atom stereocenters. The molecule has 3 N–H and O–H groups in total. The molecule has 0 bridgehead atoms. The molecule has 1 fully saturated rings. The zero-order chi connectivity index (χ0) is 15.2. The number of benzene rings is 1. The highest BCUT2D eigenvalue weighted by Crippen LogP contribution is 2.19. The predicted molar refractivity (Wildman–Crippen MR) is 82.6 cm³/mol. The summed E-state index contributed by atoms with van der Waals surface area (Å²) in [5, 5.41) is 2.72. The van der Waals surface area contributed by atoms with E-state index in [0.717, 1.165) is 39.1 Å². The van der Waals surface area contributed by atoms with Crippen LogP contribution in [-0.4, -0.2) is 55.5 Å². The summed E-state index contributed by atoms with van der Waals surface area (Å²) >= 11 is 0. The molecule has 6 heteroatoms. The molecule has 1 aliphatic rings. The summed E-state index contributed by atoms with van der Waals surface area (Å²) in [7, 11) is 2.12. The van der Waals surface area contributed by atoms with Gasteiger partial charge < -0.3 is 20.9 Å². The van der Waals surface area contributed by atoms with Crippen molar-refractivity contribution in [2.75, 3.05) is 50.8 Å². The van der Waals surface area contributed by atoms with Crippen LogP contribution in [0.4, 0.5) is 15.8 Å². The van der Waals surface area contributed by atoms with E-state index in [9.17, 15) is 9.18 Å². The number of carbonyl (C=O) groups excluding carboxylic acids is 1. The van der Waals surface area contributed by atoms with Gasteiger partial charge in [-0.15, -0.1) is 0 Å². The van der Waals surface area contributed by atoms with Gasteiger partial charge >= 0.3 is 0 Å². The van der Waals surface area contributed by atoms with Gasteiger partial charge in [0.15, 0.2) is 0 Å². The number of nitrogen functional groups attached to an aromatic ring is 1. The lowest BCUT2D eigenvalue weighted by molar-refractivity contribution is -0.116. The maximum atomic E-state index is 12.9. The lowest BCUT2D eigenvalue weighted by Gasteiger charge is -2.32. The second kappa shape index (κ2) is 7.38. The van der Waals surface area contributed by atoms with E-state index in [4.69, 9.17) is 5.73 Å². The molecule has 5 nitrogen and oxygen atoms in total. The molecule has 0 unspecified atom stereocenters. The Hall–Kier alpha value is -1.66. The molecule has 21 heavy (non-hydrogen) atoms. The smallest absolute Gasteiger partial charge is 0.224 e. The lowest BCUT2D eigenvalue weighted by atomic mass is 10.2. The maximum Gasteiger partial charge on any atom is 0.224 e. The summed E-state index contributed by atoms with van der Waals surface area (Å²) in [4.78, 5) is 16.5. The number of piperazine rings is 1. The number of nitrogens with two attached hydrogens (primary N) is 1. The Morgan fingerprint density at radius 3 is 2.71 bits per heavy atom. The molecule has 1 heterocycles. The van der Waals surface area contributed by atoms with Crippen LogP contribution in [-0.2, 0) is 4.79 Å². The van der Waals surface area contributed by atoms with Crippen molar-refractivity contribution in [1.29, 1.82) is 0 Å². The molecular weight excluding hydrogens is 271 g/mol. The van der Waals surface area contributed by atoms with Gasteiger partial charge in [0.05, 0.1) is 11.4 Å². The third kappa shape index (κ3) is 4.99. The summed E-state index contributed by atoms with van der Waals surface area (Å²) in [6.07, 6.45) is 1.26. The molecule has 0 aromatic heterocycles. The number of hydrogen-bond acceptors (Lipinski definition) is 4. The maximum absolute atomic E-state index is 12.9. The average molecular weight is 294 g/mol. The Labute approximate surface area is 124 Å². The van der Waals surface area contributed by atoms with E-state index in [2.05, 4.69) is 22.2 Å². The van der Waals surface area contributed by atoms with E-state index in [1.165, 1.54) is 18.2 Å². The standard InChI is InChI=1S/C15H23FN4O/c1-19-7-9-20(10-8-19)6-2-3-15(21)18-14-5-4-12(16)11-13(14)17/h4-5,11H,2-3,6-10,17H2,1H3,(H,18,21). The molecule has 0 aliphatic carbocycles. The van der Waals surface area contributed by atoms with Crippen molar-refractivity contribution in [3.05, 3.63) is 24.0 Å². The second-order valence-electron chi connectivity index (χ2n) is 5.53. The molecule has 1 aromatic rings. The van der Waals surface area contributed by atoms with Crippen molar-refractivity contribution in [3.63, 3.8) is 0 Å². The minimum atomic E-state index is -0.402. The minimum Gasteiger partial charge on any atom is -0.397 e. The van der Waals surface area contributed by atoms with Crippen LogP contribution < -0.4 is 11.1 Å². The number of nitrogens with zero attached hydrogens (tertiary/aromatic N) is 2. The first-order chi connectivity index (χ1) is 10.0. The van der Waals surface area contributed by atoms with E-state index >= 15 is 0 Å². The molecule has 116 valence electrons. The zero-order valence-electron chi connectivity index (χ0n) is 12.4. The van der Waals surface area contributed by atoms with Crippen molar-refractivity contribution in [1.82, 2.24) is 9.80 Å². The van der Waals surface area contributed by atoms with Gasteiger partial charge in [-0.25, -0.2) is 4.39 Å². The first kappa shape index (κ1) is 15.7. The Morgan fingerprint density at radius 1 is 1.33 bits per heavy atom. The molecular formula is C15H23FN4O. The summed E-state index contributed by atoms with van der Waals surface area (Å²) in [6.45, 7) is 5.21. The fourth-order valence-corrected chi connectivity index (χ4v) is 2.39. The van der Waals surface area contributed by atoms with Crippen LogP contribution in [0, 0.1) is 5.82 Å². The van der Waals surface area contributed by atoms with E-state index in [1.54, 1.807) is 0 Å². The first-order valence-corrected chi connectivity index (χ1v) is 7.30. The summed E-state index contributed by atoms with van der Waals surface area (Å²) in [6, 6.07) is 3.99. The second-order valence-corrected chi connectivity index (χ2v) is 5.53. The highest BCUT2D eigenvalue weighted by atomic mass is 19.1. The normalized spacial score (nSPS) is 16.9. The third-order valence-electron chi connectivity index (χ3n) is 3.76. The minimum absolute atomic E-state index is 0.0811. The highest BCUT2D eigenvalue weighted by molar-refractivity contribution is 5.93. The molecule has 1 amide bonds. The van der Waals surface area contributed by atoms with Crippen LogP contribution in [0.1, 0.15) is 12.8 Å². The van der Waals surface area contributed by atoms with Crippen LogP contribution in [0.2, 0.25) is 0 Å². The van der Waals surface area contributed by atoms with Gasteiger partial charge in [-0.05, 0) is 38.2 Å². The number of nitrogens with one attached hydrogen (secondary N) is 1. The fourth-order valence-electron chi connectivity index (χ4n) is 2.39. The molecule has 1 aromatic carbocycles. The summed E-state index contributed by atoms with van der Waals surface area (Å²) in [5.74, 6) is -0.483. The predicted octanol–water partition coefficient (Wildman–Crippen LogP) is 1.37. The van der Waals surface area contributed by atoms with E-state index in [1.807, 2.05) is 0 Å². The van der Waals surface area contributed by atoms with Gasteiger partial charge in [-0.1, -0.05) is 0 Å². The molecule has 1 aliphatic heterocycles. The monoisotopic (exact) mass is 294 g/mol. The van der Waals surface area contributed by atoms with Crippen LogP contribution in [0.15, 0.2) is 18.2 Å². The van der Waals surface area contributed by atoms with Crippen LogP contribution >= 0.6 is 0 Å². The summed E-state index contributed by atoms with van der Waals surface area (Å²) < 4.78 is 12.9. The van der Waals surface area contributed by atoms with Crippen LogP contribution in [0.25, 0.3) is 0 Å². The van der Waals surface area contributed by atoms with Crippen molar-refractivity contribution in [3.8, 4) is 0 Å². The Balaban J connectivity index is 1.70. The third-order valence-corrected chi connectivity index (χ3v) is 3.76. The van der Waals surface area contributed by atoms with Gasteiger partial charge in [0, 0.05) is 32.6 Å². The zero-order valence-corrected chi connectivity index (χ0v) is 12.4. The van der Waals surface area contributed by atoms with Crippen molar-refractivity contribution >= 4 is 17.3 Å². The van der Waals surface area contributed by atoms with Gasteiger partial charge in [0.1, 0.15) is 5.82 Å². The molecule has 2 rings (SSSR count). The quantitative estimate of drug-likeness (QED) is 0.805. The van der Waals surface area contributed by atoms with E-state index in [-0.39, 0.29) is 11.6 Å². The number of rotatable bonds is 5. The number of hydrogen-bond donors (Lipinski definition) is 2. The molecule has 0 radical (unpaired) electrons. The van der Waals surface area contributed by atoms with Crippen LogP contribution in [0.5, 0.6) is 0 Å². The van der Waals surface area contributed by atoms with Gasteiger partial charge in [-0.3, -0.25) is 4.79 Å². The van der Waals surface area contributed by atoms with Crippen molar-refractivity contribution < 1.29 is 9.18 Å². The van der Waals surface area contributed by atoms with Crippen molar-refractivity contribution in [2.24, 2.45) is 0 Å². The number of halogens is 1. The average Bonchev–Trinajstić information content (AvgIpc) is 2.44. The topological polar surface area (TPSA) is 61.6 Å². The number of amides is 1.